The zero-order valence-corrected chi connectivity index (χ0v) is 13.9. The molecule has 1 N–H and O–H groups in total. The van der Waals surface area contributed by atoms with Gasteiger partial charge in [0.05, 0.1) is 5.69 Å². The van der Waals surface area contributed by atoms with Crippen LogP contribution in [0.3, 0.4) is 0 Å². The minimum absolute atomic E-state index is 0.0725. The molecule has 0 spiro atoms. The molecular weight excluding hydrogens is 306 g/mol. The zero-order valence-electron chi connectivity index (χ0n) is 13.9. The van der Waals surface area contributed by atoms with Crippen LogP contribution in [-0.4, -0.2) is 57.3 Å². The first kappa shape index (κ1) is 16.2. The number of anilines is 1. The third kappa shape index (κ3) is 3.29. The highest BCUT2D eigenvalue weighted by molar-refractivity contribution is 5.94. The van der Waals surface area contributed by atoms with Gasteiger partial charge in [0.15, 0.2) is 11.5 Å². The third-order valence-electron chi connectivity index (χ3n) is 4.43. The lowest BCUT2D eigenvalue weighted by Gasteiger charge is -2.37. The Hall–Kier alpha value is -2.70. The number of aromatic hydroxyl groups is 1. The summed E-state index contributed by atoms with van der Waals surface area (Å²) < 4.78 is 0. The van der Waals surface area contributed by atoms with Crippen molar-refractivity contribution < 1.29 is 9.90 Å². The number of nitrogens with zero attached hydrogens (tertiary/aromatic N) is 5. The molecule has 1 aliphatic heterocycles. The molecular formula is C17H21N5O2. The molecule has 7 nitrogen and oxygen atoms in total. The smallest absolute Gasteiger partial charge is 0.276 e. The summed E-state index contributed by atoms with van der Waals surface area (Å²) >= 11 is 0. The molecule has 0 saturated carbocycles. The van der Waals surface area contributed by atoms with Gasteiger partial charge in [-0.1, -0.05) is 0 Å². The number of aromatic nitrogens is 3. The summed E-state index contributed by atoms with van der Waals surface area (Å²) in [5, 5.41) is 18.1. The van der Waals surface area contributed by atoms with Crippen molar-refractivity contribution in [2.45, 2.75) is 25.8 Å². The second kappa shape index (κ2) is 6.82. The summed E-state index contributed by atoms with van der Waals surface area (Å²) in [5.41, 5.74) is 1.01. The Balaban J connectivity index is 1.62. The van der Waals surface area contributed by atoms with E-state index in [-0.39, 0.29) is 17.4 Å². The number of pyridine rings is 1. The van der Waals surface area contributed by atoms with E-state index >= 15 is 0 Å². The van der Waals surface area contributed by atoms with Gasteiger partial charge in [-0.25, -0.2) is 4.98 Å². The number of piperidine rings is 1. The molecule has 24 heavy (non-hydrogen) atoms. The number of rotatable bonds is 3. The summed E-state index contributed by atoms with van der Waals surface area (Å²) in [6, 6.07) is 7.31. The predicted octanol–water partition coefficient (Wildman–Crippen LogP) is 1.63. The predicted molar refractivity (Wildman–Crippen MR) is 90.0 cm³/mol. The molecule has 0 aromatic carbocycles. The molecule has 0 unspecified atom stereocenters. The molecule has 126 valence electrons. The van der Waals surface area contributed by atoms with E-state index in [1.165, 1.54) is 12.3 Å². The van der Waals surface area contributed by atoms with E-state index in [9.17, 15) is 9.90 Å². The first-order chi connectivity index (χ1) is 11.6. The second-order valence-corrected chi connectivity index (χ2v) is 6.04. The average molecular weight is 327 g/mol. The van der Waals surface area contributed by atoms with Crippen LogP contribution in [-0.2, 0) is 0 Å². The van der Waals surface area contributed by atoms with Crippen molar-refractivity contribution in [3.63, 3.8) is 0 Å². The number of likely N-dealkylation sites (tertiary alicyclic amines) is 1. The third-order valence-corrected chi connectivity index (χ3v) is 4.43. The van der Waals surface area contributed by atoms with Gasteiger partial charge in [-0.05, 0) is 44.0 Å². The van der Waals surface area contributed by atoms with E-state index < -0.39 is 0 Å². The van der Waals surface area contributed by atoms with Crippen molar-refractivity contribution in [2.75, 3.05) is 25.0 Å². The van der Waals surface area contributed by atoms with E-state index in [0.29, 0.717) is 19.1 Å². The van der Waals surface area contributed by atoms with Gasteiger partial charge in [-0.2, -0.15) is 5.10 Å². The molecule has 7 heteroatoms. The number of carbonyl (C=O) groups excluding carboxylic acids is 1. The molecule has 1 amide bonds. The minimum Gasteiger partial charge on any atom is -0.505 e. The van der Waals surface area contributed by atoms with Crippen molar-refractivity contribution >= 4 is 11.7 Å². The molecule has 0 bridgehead atoms. The standard InChI is InChI=1S/C17H21N5O2/c1-12-5-6-15(20-19-12)21(2)13-7-10-22(11-8-13)17(24)16-14(23)4-3-9-18-16/h3-6,9,13,23H,7-8,10-11H2,1-2H3. The highest BCUT2D eigenvalue weighted by atomic mass is 16.3. The molecule has 1 saturated heterocycles. The lowest BCUT2D eigenvalue weighted by molar-refractivity contribution is 0.0704. The van der Waals surface area contributed by atoms with Gasteiger partial charge in [-0.15, -0.1) is 5.10 Å². The second-order valence-electron chi connectivity index (χ2n) is 6.04. The molecule has 2 aromatic rings. The Morgan fingerprint density at radius 3 is 2.62 bits per heavy atom. The zero-order chi connectivity index (χ0) is 17.1. The SMILES string of the molecule is Cc1ccc(N(C)C2CCN(C(=O)c3ncccc3O)CC2)nn1. The van der Waals surface area contributed by atoms with E-state index in [4.69, 9.17) is 0 Å². The van der Waals surface area contributed by atoms with Crippen LogP contribution in [0.5, 0.6) is 5.75 Å². The monoisotopic (exact) mass is 327 g/mol. The Kier molecular flexibility index (Phi) is 4.59. The van der Waals surface area contributed by atoms with Crippen LogP contribution in [0.4, 0.5) is 5.82 Å². The summed E-state index contributed by atoms with van der Waals surface area (Å²) in [5.74, 6) is 0.550. The average Bonchev–Trinajstić information content (AvgIpc) is 2.62. The fourth-order valence-electron chi connectivity index (χ4n) is 2.93. The van der Waals surface area contributed by atoms with Crippen molar-refractivity contribution in [3.05, 3.63) is 41.9 Å². The first-order valence-electron chi connectivity index (χ1n) is 8.02. The van der Waals surface area contributed by atoms with Crippen LogP contribution in [0.2, 0.25) is 0 Å². The summed E-state index contributed by atoms with van der Waals surface area (Å²) in [6.07, 6.45) is 3.19. The summed E-state index contributed by atoms with van der Waals surface area (Å²) in [6.45, 7) is 3.17. The van der Waals surface area contributed by atoms with Crippen LogP contribution in [0.25, 0.3) is 0 Å². The van der Waals surface area contributed by atoms with Gasteiger partial charge in [0.2, 0.25) is 0 Å². The van der Waals surface area contributed by atoms with Gasteiger partial charge < -0.3 is 14.9 Å². The molecule has 0 atom stereocenters. The van der Waals surface area contributed by atoms with Crippen LogP contribution in [0.1, 0.15) is 29.0 Å². The van der Waals surface area contributed by atoms with Gasteiger partial charge in [0.25, 0.3) is 5.91 Å². The maximum absolute atomic E-state index is 12.5. The van der Waals surface area contributed by atoms with Gasteiger partial charge in [0, 0.05) is 32.4 Å². The van der Waals surface area contributed by atoms with Crippen molar-refractivity contribution in [3.8, 4) is 5.75 Å². The minimum atomic E-state index is -0.218. The molecule has 0 aliphatic carbocycles. The largest absolute Gasteiger partial charge is 0.505 e. The van der Waals surface area contributed by atoms with E-state index in [2.05, 4.69) is 20.1 Å². The fraction of sp³-hybridized carbons (Fsp3) is 0.412. The Labute approximate surface area is 141 Å². The highest BCUT2D eigenvalue weighted by Crippen LogP contribution is 2.22. The molecule has 1 aliphatic rings. The molecule has 3 heterocycles. The summed E-state index contributed by atoms with van der Waals surface area (Å²) in [4.78, 5) is 20.3. The summed E-state index contributed by atoms with van der Waals surface area (Å²) in [7, 11) is 2.01. The highest BCUT2D eigenvalue weighted by Gasteiger charge is 2.28. The number of carbonyl (C=O) groups is 1. The number of aryl methyl sites for hydroxylation is 1. The van der Waals surface area contributed by atoms with Gasteiger partial charge in [-0.3, -0.25) is 4.79 Å². The maximum Gasteiger partial charge on any atom is 0.276 e. The van der Waals surface area contributed by atoms with Crippen LogP contribution in [0, 0.1) is 6.92 Å². The topological polar surface area (TPSA) is 82.5 Å². The number of hydrogen-bond donors (Lipinski definition) is 1. The Morgan fingerprint density at radius 1 is 1.25 bits per heavy atom. The van der Waals surface area contributed by atoms with Gasteiger partial charge >= 0.3 is 0 Å². The van der Waals surface area contributed by atoms with Crippen LogP contribution < -0.4 is 4.90 Å². The van der Waals surface area contributed by atoms with Crippen molar-refractivity contribution in [1.29, 1.82) is 0 Å². The van der Waals surface area contributed by atoms with Crippen LogP contribution >= 0.6 is 0 Å². The maximum atomic E-state index is 12.5. The Bertz CT molecular complexity index is 711. The lowest BCUT2D eigenvalue weighted by atomic mass is 10.0. The van der Waals surface area contributed by atoms with E-state index in [1.54, 1.807) is 11.0 Å². The first-order valence-corrected chi connectivity index (χ1v) is 8.02. The van der Waals surface area contributed by atoms with E-state index in [1.807, 2.05) is 26.1 Å². The number of amides is 1. The van der Waals surface area contributed by atoms with Crippen LogP contribution in [0.15, 0.2) is 30.5 Å². The van der Waals surface area contributed by atoms with Gasteiger partial charge in [0.1, 0.15) is 5.75 Å². The van der Waals surface area contributed by atoms with Crippen molar-refractivity contribution in [1.82, 2.24) is 20.1 Å². The molecule has 1 fully saturated rings. The normalized spacial score (nSPS) is 15.3. The van der Waals surface area contributed by atoms with Crippen molar-refractivity contribution in [2.24, 2.45) is 0 Å². The van der Waals surface area contributed by atoms with E-state index in [0.717, 1.165) is 24.4 Å². The lowest BCUT2D eigenvalue weighted by Crippen LogP contribution is -2.46. The number of hydrogen-bond acceptors (Lipinski definition) is 6. The molecule has 3 rings (SSSR count). The Morgan fingerprint density at radius 2 is 2.00 bits per heavy atom. The molecule has 0 radical (unpaired) electrons. The fourth-order valence-corrected chi connectivity index (χ4v) is 2.93. The molecule has 2 aromatic heterocycles. The quantitative estimate of drug-likeness (QED) is 0.922.